The Hall–Kier alpha value is -0.650. The lowest BCUT2D eigenvalue weighted by molar-refractivity contribution is 0.205. The van der Waals surface area contributed by atoms with Crippen molar-refractivity contribution in [1.29, 1.82) is 0 Å². The Bertz CT molecular complexity index is 440. The molecule has 4 nitrogen and oxygen atoms in total. The largest absolute Gasteiger partial charge is 0.383 e. The summed E-state index contributed by atoms with van der Waals surface area (Å²) in [5.41, 5.74) is 1.28. The van der Waals surface area contributed by atoms with Gasteiger partial charge in [-0.1, -0.05) is 6.92 Å². The number of ether oxygens (including phenoxy) is 1. The fourth-order valence-corrected chi connectivity index (χ4v) is 3.64. The molecule has 1 aromatic heterocycles. The molecule has 0 amide bonds. The third-order valence-corrected chi connectivity index (χ3v) is 5.13. The van der Waals surface area contributed by atoms with E-state index in [-0.39, 0.29) is 0 Å². The van der Waals surface area contributed by atoms with E-state index in [4.69, 9.17) is 9.72 Å². The summed E-state index contributed by atoms with van der Waals surface area (Å²) in [5, 5.41) is 4.82. The number of anilines is 1. The zero-order valence-electron chi connectivity index (χ0n) is 12.5. The number of thiazole rings is 1. The van der Waals surface area contributed by atoms with Crippen LogP contribution in [0.1, 0.15) is 43.2 Å². The molecule has 1 aromatic rings. The Balaban J connectivity index is 1.69. The molecule has 0 aliphatic heterocycles. The van der Waals surface area contributed by atoms with Gasteiger partial charge in [-0.3, -0.25) is 0 Å². The number of aryl methyl sites for hydroxylation is 1. The van der Waals surface area contributed by atoms with Crippen LogP contribution in [0.15, 0.2) is 0 Å². The number of aromatic nitrogens is 1. The van der Waals surface area contributed by atoms with Crippen LogP contribution in [0.3, 0.4) is 0 Å². The number of nitrogens with zero attached hydrogens (tertiary/aromatic N) is 2. The Morgan fingerprint density at radius 1 is 1.35 bits per heavy atom. The van der Waals surface area contributed by atoms with Crippen molar-refractivity contribution in [3.8, 4) is 0 Å². The molecule has 2 aliphatic carbocycles. The molecule has 112 valence electrons. The molecular formula is C15H25N3OS. The molecule has 0 unspecified atom stereocenters. The minimum absolute atomic E-state index is 0.699. The highest BCUT2D eigenvalue weighted by molar-refractivity contribution is 7.15. The minimum atomic E-state index is 0.699. The Kier molecular flexibility index (Phi) is 4.58. The normalized spacial score (nSPS) is 18.5. The second-order valence-corrected chi connectivity index (χ2v) is 6.85. The fraction of sp³-hybridized carbons (Fsp3) is 0.800. The van der Waals surface area contributed by atoms with Crippen molar-refractivity contribution in [3.05, 3.63) is 10.6 Å². The third-order valence-electron chi connectivity index (χ3n) is 4.00. The van der Waals surface area contributed by atoms with Crippen LogP contribution in [-0.4, -0.2) is 37.3 Å². The van der Waals surface area contributed by atoms with E-state index in [1.165, 1.54) is 41.4 Å². The summed E-state index contributed by atoms with van der Waals surface area (Å²) < 4.78 is 5.25. The maximum absolute atomic E-state index is 5.25. The van der Waals surface area contributed by atoms with Gasteiger partial charge in [-0.15, -0.1) is 11.3 Å². The Labute approximate surface area is 125 Å². The van der Waals surface area contributed by atoms with Crippen LogP contribution >= 0.6 is 11.3 Å². The first-order valence-corrected chi connectivity index (χ1v) is 8.61. The molecule has 0 radical (unpaired) electrons. The quantitative estimate of drug-likeness (QED) is 0.760. The van der Waals surface area contributed by atoms with Gasteiger partial charge in [-0.05, 0) is 32.1 Å². The molecule has 20 heavy (non-hydrogen) atoms. The highest BCUT2D eigenvalue weighted by atomic mass is 32.1. The average Bonchev–Trinajstić information content (AvgIpc) is 3.36. The van der Waals surface area contributed by atoms with Crippen molar-refractivity contribution in [2.75, 3.05) is 25.2 Å². The predicted molar refractivity (Wildman–Crippen MR) is 83.6 cm³/mol. The van der Waals surface area contributed by atoms with E-state index >= 15 is 0 Å². The van der Waals surface area contributed by atoms with Crippen molar-refractivity contribution in [1.82, 2.24) is 10.3 Å². The van der Waals surface area contributed by atoms with Crippen molar-refractivity contribution < 1.29 is 4.74 Å². The summed E-state index contributed by atoms with van der Waals surface area (Å²) in [5.74, 6) is 0. The van der Waals surface area contributed by atoms with Gasteiger partial charge < -0.3 is 15.0 Å². The molecule has 1 heterocycles. The van der Waals surface area contributed by atoms with Crippen LogP contribution in [0, 0.1) is 0 Å². The van der Waals surface area contributed by atoms with E-state index in [0.717, 1.165) is 32.2 Å². The van der Waals surface area contributed by atoms with Crippen LogP contribution in [0.2, 0.25) is 0 Å². The van der Waals surface area contributed by atoms with E-state index in [1.54, 1.807) is 7.11 Å². The molecule has 0 saturated heterocycles. The van der Waals surface area contributed by atoms with Gasteiger partial charge in [-0.25, -0.2) is 4.98 Å². The lowest BCUT2D eigenvalue weighted by Crippen LogP contribution is -2.29. The van der Waals surface area contributed by atoms with Gasteiger partial charge in [0.25, 0.3) is 0 Å². The van der Waals surface area contributed by atoms with E-state index in [1.807, 2.05) is 11.3 Å². The van der Waals surface area contributed by atoms with Crippen molar-refractivity contribution in [2.45, 2.75) is 57.7 Å². The molecule has 0 bridgehead atoms. The van der Waals surface area contributed by atoms with Gasteiger partial charge >= 0.3 is 0 Å². The summed E-state index contributed by atoms with van der Waals surface area (Å²) in [4.78, 5) is 8.77. The van der Waals surface area contributed by atoms with Gasteiger partial charge in [0.2, 0.25) is 0 Å². The number of methoxy groups -OCH3 is 1. The minimum Gasteiger partial charge on any atom is -0.383 e. The van der Waals surface area contributed by atoms with Gasteiger partial charge in [0, 0.05) is 37.2 Å². The third kappa shape index (κ3) is 3.51. The van der Waals surface area contributed by atoms with Crippen molar-refractivity contribution in [2.24, 2.45) is 0 Å². The van der Waals surface area contributed by atoms with Crippen LogP contribution in [-0.2, 0) is 17.7 Å². The first-order valence-electron chi connectivity index (χ1n) is 7.79. The van der Waals surface area contributed by atoms with Crippen LogP contribution < -0.4 is 10.2 Å². The second kappa shape index (κ2) is 6.41. The Morgan fingerprint density at radius 3 is 2.75 bits per heavy atom. The second-order valence-electron chi connectivity index (χ2n) is 5.79. The summed E-state index contributed by atoms with van der Waals surface area (Å²) in [7, 11) is 1.77. The molecule has 2 fully saturated rings. The lowest BCUT2D eigenvalue weighted by Gasteiger charge is -2.20. The first-order chi connectivity index (χ1) is 9.81. The zero-order chi connectivity index (χ0) is 13.9. The summed E-state index contributed by atoms with van der Waals surface area (Å²) in [6.07, 6.45) is 6.33. The summed E-state index contributed by atoms with van der Waals surface area (Å²) in [6.45, 7) is 4.95. The van der Waals surface area contributed by atoms with Crippen LogP contribution in [0.25, 0.3) is 0 Å². The lowest BCUT2D eigenvalue weighted by atomic mass is 10.3. The maximum atomic E-state index is 5.25. The summed E-state index contributed by atoms with van der Waals surface area (Å²) >= 11 is 1.88. The molecule has 3 rings (SSSR count). The first kappa shape index (κ1) is 14.3. The van der Waals surface area contributed by atoms with Gasteiger partial charge in [0.05, 0.1) is 12.3 Å². The zero-order valence-corrected chi connectivity index (χ0v) is 13.3. The molecule has 5 heteroatoms. The Morgan fingerprint density at radius 2 is 2.15 bits per heavy atom. The average molecular weight is 295 g/mol. The molecular weight excluding hydrogens is 270 g/mol. The van der Waals surface area contributed by atoms with Gasteiger partial charge in [0.15, 0.2) is 5.13 Å². The number of hydrogen-bond acceptors (Lipinski definition) is 5. The highest BCUT2D eigenvalue weighted by Gasteiger charge is 2.31. The van der Waals surface area contributed by atoms with Crippen LogP contribution in [0.5, 0.6) is 0 Å². The monoisotopic (exact) mass is 295 g/mol. The van der Waals surface area contributed by atoms with Gasteiger partial charge in [0.1, 0.15) is 0 Å². The maximum Gasteiger partial charge on any atom is 0.186 e. The highest BCUT2D eigenvalue weighted by Crippen LogP contribution is 2.35. The van der Waals surface area contributed by atoms with E-state index < -0.39 is 0 Å². The van der Waals surface area contributed by atoms with E-state index in [0.29, 0.717) is 6.04 Å². The van der Waals surface area contributed by atoms with Crippen molar-refractivity contribution in [3.63, 3.8) is 0 Å². The molecule has 2 saturated carbocycles. The molecule has 0 aromatic carbocycles. The molecule has 0 spiro atoms. The summed E-state index contributed by atoms with van der Waals surface area (Å²) in [6, 6.07) is 1.46. The van der Waals surface area contributed by atoms with Crippen molar-refractivity contribution >= 4 is 16.5 Å². The fourth-order valence-electron chi connectivity index (χ4n) is 2.44. The van der Waals surface area contributed by atoms with E-state index in [2.05, 4.69) is 17.1 Å². The standard InChI is InChI=1S/C15H25N3OS/c1-3-13-14(10-16-11-4-5-11)20-15(17-13)18(8-9-19-2)12-6-7-12/h11-12,16H,3-10H2,1-2H3. The molecule has 1 N–H and O–H groups in total. The predicted octanol–water partition coefficient (Wildman–Crippen LogP) is 2.57. The van der Waals surface area contributed by atoms with Gasteiger partial charge in [-0.2, -0.15) is 0 Å². The smallest absolute Gasteiger partial charge is 0.186 e. The molecule has 0 atom stereocenters. The molecule has 2 aliphatic rings. The topological polar surface area (TPSA) is 37.4 Å². The SMILES string of the molecule is CCc1nc(N(CCOC)C2CC2)sc1CNC1CC1. The number of hydrogen-bond donors (Lipinski definition) is 1. The van der Waals surface area contributed by atoms with Crippen LogP contribution in [0.4, 0.5) is 5.13 Å². The number of rotatable bonds is 9. The van der Waals surface area contributed by atoms with E-state index in [9.17, 15) is 0 Å². The number of nitrogens with one attached hydrogen (secondary N) is 1.